The van der Waals surface area contributed by atoms with Crippen molar-refractivity contribution < 1.29 is 9.59 Å². The summed E-state index contributed by atoms with van der Waals surface area (Å²) < 4.78 is 0. The standard InChI is InChI=1S/C21H23NO2/c1-4-5-8-11-22-14(2)12-16(13-15(22)3)19-20(23)17-9-6-7-10-18(17)21(19)24/h6-7,9-10,12-13H,4-5,8,11H2,1-3H3. The Kier molecular flexibility index (Phi) is 4.52. The van der Waals surface area contributed by atoms with Crippen LogP contribution in [0.1, 0.15) is 60.7 Å². The van der Waals surface area contributed by atoms with Gasteiger partial charge in [0, 0.05) is 29.1 Å². The Labute approximate surface area is 143 Å². The quantitative estimate of drug-likeness (QED) is 0.459. The van der Waals surface area contributed by atoms with Gasteiger partial charge in [0.2, 0.25) is 0 Å². The molecule has 0 amide bonds. The molecule has 0 N–H and O–H groups in total. The Hall–Kier alpha value is -2.42. The van der Waals surface area contributed by atoms with Crippen LogP contribution in [0.4, 0.5) is 0 Å². The van der Waals surface area contributed by atoms with Crippen molar-refractivity contribution in [2.45, 2.75) is 40.0 Å². The van der Waals surface area contributed by atoms with Crippen molar-refractivity contribution >= 4 is 11.6 Å². The number of ketones is 2. The zero-order valence-corrected chi connectivity index (χ0v) is 14.6. The Balaban J connectivity index is 1.96. The molecule has 0 aromatic heterocycles. The van der Waals surface area contributed by atoms with Crippen LogP contribution in [0.2, 0.25) is 0 Å². The van der Waals surface area contributed by atoms with Crippen molar-refractivity contribution in [2.24, 2.45) is 0 Å². The molecule has 1 heterocycles. The van der Waals surface area contributed by atoms with Crippen LogP contribution in [0.25, 0.3) is 0 Å². The molecule has 2 aliphatic rings. The lowest BCUT2D eigenvalue weighted by atomic mass is 9.98. The molecule has 0 radical (unpaired) electrons. The fourth-order valence-electron chi connectivity index (χ4n) is 3.46. The second-order valence-electron chi connectivity index (χ2n) is 6.46. The minimum Gasteiger partial charge on any atom is -0.349 e. The summed E-state index contributed by atoms with van der Waals surface area (Å²) in [6, 6.07) is 7.07. The highest BCUT2D eigenvalue weighted by Gasteiger charge is 2.35. The van der Waals surface area contributed by atoms with E-state index in [0.29, 0.717) is 16.7 Å². The lowest BCUT2D eigenvalue weighted by Gasteiger charge is -2.30. The lowest BCUT2D eigenvalue weighted by Crippen LogP contribution is -2.24. The van der Waals surface area contributed by atoms with Crippen molar-refractivity contribution in [2.75, 3.05) is 6.54 Å². The largest absolute Gasteiger partial charge is 0.349 e. The molecule has 0 saturated heterocycles. The molecular weight excluding hydrogens is 298 g/mol. The average Bonchev–Trinajstić information content (AvgIpc) is 2.82. The number of carbonyl (C=O) groups excluding carboxylic acids is 2. The Morgan fingerprint density at radius 1 is 0.875 bits per heavy atom. The van der Waals surface area contributed by atoms with E-state index in [2.05, 4.69) is 11.8 Å². The molecule has 3 rings (SSSR count). The van der Waals surface area contributed by atoms with Gasteiger partial charge in [0.1, 0.15) is 0 Å². The molecule has 24 heavy (non-hydrogen) atoms. The van der Waals surface area contributed by atoms with Crippen LogP contribution in [0.5, 0.6) is 0 Å². The fourth-order valence-corrected chi connectivity index (χ4v) is 3.46. The van der Waals surface area contributed by atoms with Gasteiger partial charge in [0.15, 0.2) is 11.6 Å². The number of hydrogen-bond donors (Lipinski definition) is 0. The first kappa shape index (κ1) is 16.4. The van der Waals surface area contributed by atoms with Crippen molar-refractivity contribution in [1.29, 1.82) is 0 Å². The van der Waals surface area contributed by atoms with Gasteiger partial charge in [0.05, 0.1) is 5.57 Å². The minimum absolute atomic E-state index is 0.155. The normalized spacial score (nSPS) is 17.2. The maximum atomic E-state index is 12.7. The van der Waals surface area contributed by atoms with E-state index < -0.39 is 0 Å². The van der Waals surface area contributed by atoms with Gasteiger partial charge in [-0.25, -0.2) is 0 Å². The van der Waals surface area contributed by atoms with E-state index in [1.165, 1.54) is 12.8 Å². The van der Waals surface area contributed by atoms with Crippen molar-refractivity contribution in [3.05, 3.63) is 70.1 Å². The molecule has 1 aliphatic heterocycles. The number of nitrogens with zero attached hydrogens (tertiary/aromatic N) is 1. The molecular formula is C21H23NO2. The highest BCUT2D eigenvalue weighted by Crippen LogP contribution is 2.32. The van der Waals surface area contributed by atoms with E-state index in [1.807, 2.05) is 26.0 Å². The number of fused-ring (bicyclic) bond motifs is 1. The Morgan fingerprint density at radius 2 is 1.42 bits per heavy atom. The van der Waals surface area contributed by atoms with Crippen LogP contribution >= 0.6 is 0 Å². The van der Waals surface area contributed by atoms with Gasteiger partial charge in [-0.3, -0.25) is 9.59 Å². The summed E-state index contributed by atoms with van der Waals surface area (Å²) >= 11 is 0. The SMILES string of the molecule is CCCCCN1C(C)=CC(=C2C(=O)c3ccccc3C2=O)C=C1C. The number of Topliss-reactive ketones (excluding diaryl/α,β-unsaturated/α-hetero) is 2. The van der Waals surface area contributed by atoms with Crippen molar-refractivity contribution in [3.8, 4) is 0 Å². The monoisotopic (exact) mass is 321 g/mol. The highest BCUT2D eigenvalue weighted by atomic mass is 16.2. The molecule has 1 aromatic rings. The van der Waals surface area contributed by atoms with Crippen LogP contribution in [0, 0.1) is 0 Å². The minimum atomic E-state index is -0.155. The first-order valence-corrected chi connectivity index (χ1v) is 8.61. The molecule has 3 nitrogen and oxygen atoms in total. The van der Waals surface area contributed by atoms with E-state index in [0.717, 1.165) is 29.9 Å². The van der Waals surface area contributed by atoms with Crippen molar-refractivity contribution in [1.82, 2.24) is 4.90 Å². The third-order valence-corrected chi connectivity index (χ3v) is 4.72. The van der Waals surface area contributed by atoms with Gasteiger partial charge >= 0.3 is 0 Å². The third kappa shape index (κ3) is 2.75. The summed E-state index contributed by atoms with van der Waals surface area (Å²) in [4.78, 5) is 27.6. The van der Waals surface area contributed by atoms with Crippen LogP contribution in [0.3, 0.4) is 0 Å². The topological polar surface area (TPSA) is 37.4 Å². The highest BCUT2D eigenvalue weighted by molar-refractivity contribution is 6.40. The first-order valence-electron chi connectivity index (χ1n) is 8.61. The van der Waals surface area contributed by atoms with Gasteiger partial charge in [0.25, 0.3) is 0 Å². The molecule has 0 spiro atoms. The predicted molar refractivity (Wildman–Crippen MR) is 95.9 cm³/mol. The second kappa shape index (κ2) is 6.60. The Morgan fingerprint density at radius 3 is 1.92 bits per heavy atom. The maximum Gasteiger partial charge on any atom is 0.198 e. The van der Waals surface area contributed by atoms with Crippen LogP contribution in [-0.4, -0.2) is 23.0 Å². The molecule has 0 fully saturated rings. The summed E-state index contributed by atoms with van der Waals surface area (Å²) in [5.41, 5.74) is 4.27. The van der Waals surface area contributed by atoms with E-state index >= 15 is 0 Å². The number of unbranched alkanes of at least 4 members (excludes halogenated alkanes) is 2. The number of allylic oxidation sites excluding steroid dienone is 6. The summed E-state index contributed by atoms with van der Waals surface area (Å²) in [7, 11) is 0. The van der Waals surface area contributed by atoms with Gasteiger partial charge in [-0.2, -0.15) is 0 Å². The number of hydrogen-bond acceptors (Lipinski definition) is 3. The van der Waals surface area contributed by atoms with E-state index in [9.17, 15) is 9.59 Å². The maximum absolute atomic E-state index is 12.7. The molecule has 1 aromatic carbocycles. The fraction of sp³-hybridized carbons (Fsp3) is 0.333. The van der Waals surface area contributed by atoms with E-state index in [1.54, 1.807) is 24.3 Å². The number of carbonyl (C=O) groups is 2. The molecule has 3 heteroatoms. The zero-order chi connectivity index (χ0) is 17.3. The summed E-state index contributed by atoms with van der Waals surface area (Å²) in [5, 5.41) is 0. The summed E-state index contributed by atoms with van der Waals surface area (Å²) in [6.07, 6.45) is 7.47. The molecule has 1 aliphatic carbocycles. The summed E-state index contributed by atoms with van der Waals surface area (Å²) in [6.45, 7) is 7.25. The second-order valence-corrected chi connectivity index (χ2v) is 6.46. The number of benzene rings is 1. The van der Waals surface area contributed by atoms with E-state index in [4.69, 9.17) is 0 Å². The van der Waals surface area contributed by atoms with Crippen molar-refractivity contribution in [3.63, 3.8) is 0 Å². The molecule has 0 unspecified atom stereocenters. The van der Waals surface area contributed by atoms with Crippen LogP contribution in [-0.2, 0) is 0 Å². The van der Waals surface area contributed by atoms with Crippen LogP contribution < -0.4 is 0 Å². The Bertz CT molecular complexity index is 737. The molecule has 0 bridgehead atoms. The number of rotatable bonds is 4. The smallest absolute Gasteiger partial charge is 0.198 e. The van der Waals surface area contributed by atoms with Gasteiger partial charge in [-0.05, 0) is 38.0 Å². The zero-order valence-electron chi connectivity index (χ0n) is 14.6. The predicted octanol–water partition coefficient (Wildman–Crippen LogP) is 4.68. The first-order chi connectivity index (χ1) is 11.5. The van der Waals surface area contributed by atoms with E-state index in [-0.39, 0.29) is 11.6 Å². The average molecular weight is 321 g/mol. The molecule has 124 valence electrons. The van der Waals surface area contributed by atoms with Gasteiger partial charge in [-0.1, -0.05) is 44.0 Å². The molecule has 0 saturated carbocycles. The van der Waals surface area contributed by atoms with Gasteiger partial charge in [-0.15, -0.1) is 0 Å². The van der Waals surface area contributed by atoms with Gasteiger partial charge < -0.3 is 4.90 Å². The summed E-state index contributed by atoms with van der Waals surface area (Å²) in [5.74, 6) is -0.309. The molecule has 0 atom stereocenters. The lowest BCUT2D eigenvalue weighted by molar-refractivity contribution is 0.0988. The van der Waals surface area contributed by atoms with Crippen LogP contribution in [0.15, 0.2) is 59.0 Å². The third-order valence-electron chi connectivity index (χ3n) is 4.72.